The number of hydrogen-bond donors (Lipinski definition) is 0. The van der Waals surface area contributed by atoms with E-state index in [-0.39, 0.29) is 0 Å². The zero-order chi connectivity index (χ0) is 17.9. The first-order valence-electron chi connectivity index (χ1n) is 10.3. The van der Waals surface area contributed by atoms with Crippen molar-refractivity contribution in [2.24, 2.45) is 5.92 Å². The molecule has 0 aromatic heterocycles. The van der Waals surface area contributed by atoms with Gasteiger partial charge in [-0.05, 0) is 85.4 Å². The number of likely N-dealkylation sites (tertiary alicyclic amines) is 1. The van der Waals surface area contributed by atoms with E-state index in [1.54, 1.807) is 0 Å². The third-order valence-corrected chi connectivity index (χ3v) is 6.63. The standard InChI is InChI=1S/C24H30ClN/c1-18-15-21(10-13-24(18)20-8-11-23(25)12-9-20)22-7-4-14-26(17-22)16-19-5-2-3-6-19/h8-13,15,19,22H,2-7,14,16-17H2,1H3. The maximum atomic E-state index is 6.04. The Kier molecular flexibility index (Phi) is 5.66. The van der Waals surface area contributed by atoms with E-state index in [1.165, 1.54) is 80.4 Å². The number of aryl methyl sites for hydroxylation is 1. The van der Waals surface area contributed by atoms with Crippen LogP contribution in [0.15, 0.2) is 42.5 Å². The van der Waals surface area contributed by atoms with E-state index in [9.17, 15) is 0 Å². The van der Waals surface area contributed by atoms with Crippen LogP contribution in [0.3, 0.4) is 0 Å². The molecule has 26 heavy (non-hydrogen) atoms. The predicted molar refractivity (Wildman–Crippen MR) is 112 cm³/mol. The molecule has 1 aliphatic heterocycles. The zero-order valence-corrected chi connectivity index (χ0v) is 16.6. The van der Waals surface area contributed by atoms with E-state index in [0.717, 1.165) is 10.9 Å². The van der Waals surface area contributed by atoms with E-state index in [0.29, 0.717) is 5.92 Å². The van der Waals surface area contributed by atoms with Gasteiger partial charge in [0.15, 0.2) is 0 Å². The van der Waals surface area contributed by atoms with Crippen molar-refractivity contribution in [3.63, 3.8) is 0 Å². The highest BCUT2D eigenvalue weighted by atomic mass is 35.5. The zero-order valence-electron chi connectivity index (χ0n) is 15.9. The van der Waals surface area contributed by atoms with Crippen LogP contribution >= 0.6 is 11.6 Å². The molecule has 1 nitrogen and oxygen atoms in total. The number of nitrogens with zero attached hydrogens (tertiary/aromatic N) is 1. The first-order chi connectivity index (χ1) is 12.7. The Morgan fingerprint density at radius 3 is 2.46 bits per heavy atom. The van der Waals surface area contributed by atoms with Gasteiger partial charge >= 0.3 is 0 Å². The third kappa shape index (κ3) is 4.15. The number of hydrogen-bond acceptors (Lipinski definition) is 1. The van der Waals surface area contributed by atoms with Crippen LogP contribution in [-0.4, -0.2) is 24.5 Å². The van der Waals surface area contributed by atoms with Crippen LogP contribution in [0.2, 0.25) is 5.02 Å². The van der Waals surface area contributed by atoms with E-state index in [1.807, 2.05) is 12.1 Å². The first kappa shape index (κ1) is 18.1. The molecular formula is C24H30ClN. The smallest absolute Gasteiger partial charge is 0.0406 e. The van der Waals surface area contributed by atoms with Crippen molar-refractivity contribution in [1.82, 2.24) is 4.90 Å². The summed E-state index contributed by atoms with van der Waals surface area (Å²) in [5, 5.41) is 0.799. The fourth-order valence-electron chi connectivity index (χ4n) is 4.95. The maximum absolute atomic E-state index is 6.04. The number of rotatable bonds is 4. The molecule has 4 rings (SSSR count). The molecular weight excluding hydrogens is 338 g/mol. The van der Waals surface area contributed by atoms with Crippen LogP contribution in [0, 0.1) is 12.8 Å². The van der Waals surface area contributed by atoms with Gasteiger partial charge in [0.2, 0.25) is 0 Å². The fraction of sp³-hybridized carbons (Fsp3) is 0.500. The van der Waals surface area contributed by atoms with Gasteiger partial charge in [-0.2, -0.15) is 0 Å². The summed E-state index contributed by atoms with van der Waals surface area (Å²) in [6, 6.07) is 15.3. The molecule has 0 bridgehead atoms. The van der Waals surface area contributed by atoms with Crippen LogP contribution in [-0.2, 0) is 0 Å². The van der Waals surface area contributed by atoms with Crippen LogP contribution in [0.4, 0.5) is 0 Å². The second-order valence-corrected chi connectivity index (χ2v) is 8.77. The molecule has 0 spiro atoms. The van der Waals surface area contributed by atoms with Gasteiger partial charge in [-0.15, -0.1) is 0 Å². The van der Waals surface area contributed by atoms with Gasteiger partial charge in [0.1, 0.15) is 0 Å². The topological polar surface area (TPSA) is 3.24 Å². The molecule has 0 N–H and O–H groups in total. The summed E-state index contributed by atoms with van der Waals surface area (Å²) in [6.07, 6.45) is 8.49. The molecule has 2 heteroatoms. The molecule has 1 heterocycles. The molecule has 2 aromatic rings. The minimum absolute atomic E-state index is 0.697. The largest absolute Gasteiger partial charge is 0.302 e. The number of piperidine rings is 1. The molecule has 1 atom stereocenters. The second-order valence-electron chi connectivity index (χ2n) is 8.33. The Morgan fingerprint density at radius 2 is 1.73 bits per heavy atom. The highest BCUT2D eigenvalue weighted by Gasteiger charge is 2.25. The molecule has 1 saturated carbocycles. The molecule has 2 aliphatic rings. The van der Waals surface area contributed by atoms with Crippen LogP contribution in [0.5, 0.6) is 0 Å². The lowest BCUT2D eigenvalue weighted by atomic mass is 9.87. The first-order valence-corrected chi connectivity index (χ1v) is 10.7. The van der Waals surface area contributed by atoms with Crippen molar-refractivity contribution >= 4 is 11.6 Å². The second kappa shape index (κ2) is 8.15. The van der Waals surface area contributed by atoms with Crippen molar-refractivity contribution in [2.75, 3.05) is 19.6 Å². The van der Waals surface area contributed by atoms with E-state index >= 15 is 0 Å². The van der Waals surface area contributed by atoms with Gasteiger partial charge in [-0.1, -0.05) is 54.8 Å². The normalized spacial score (nSPS) is 22.0. The lowest BCUT2D eigenvalue weighted by Crippen LogP contribution is -2.37. The van der Waals surface area contributed by atoms with E-state index in [4.69, 9.17) is 11.6 Å². The van der Waals surface area contributed by atoms with Crippen LogP contribution in [0.1, 0.15) is 55.6 Å². The minimum atomic E-state index is 0.697. The Hall–Kier alpha value is -1.31. The molecule has 1 saturated heterocycles. The lowest BCUT2D eigenvalue weighted by Gasteiger charge is -2.34. The monoisotopic (exact) mass is 367 g/mol. The summed E-state index contributed by atoms with van der Waals surface area (Å²) in [5.41, 5.74) is 5.48. The van der Waals surface area contributed by atoms with Crippen LogP contribution in [0.25, 0.3) is 11.1 Å². The molecule has 138 valence electrons. The lowest BCUT2D eigenvalue weighted by molar-refractivity contribution is 0.179. The molecule has 1 aliphatic carbocycles. The average molecular weight is 368 g/mol. The van der Waals surface area contributed by atoms with Gasteiger partial charge in [0.05, 0.1) is 0 Å². The van der Waals surface area contributed by atoms with Gasteiger partial charge in [0.25, 0.3) is 0 Å². The van der Waals surface area contributed by atoms with Gasteiger partial charge in [-0.25, -0.2) is 0 Å². The maximum Gasteiger partial charge on any atom is 0.0406 e. The Morgan fingerprint density at radius 1 is 0.962 bits per heavy atom. The van der Waals surface area contributed by atoms with E-state index < -0.39 is 0 Å². The number of benzene rings is 2. The highest BCUT2D eigenvalue weighted by Crippen LogP contribution is 2.33. The van der Waals surface area contributed by atoms with Crippen molar-refractivity contribution in [2.45, 2.75) is 51.4 Å². The van der Waals surface area contributed by atoms with Gasteiger partial charge < -0.3 is 4.90 Å². The van der Waals surface area contributed by atoms with Crippen molar-refractivity contribution < 1.29 is 0 Å². The summed E-state index contributed by atoms with van der Waals surface area (Å²) in [4.78, 5) is 2.74. The summed E-state index contributed by atoms with van der Waals surface area (Å²) in [7, 11) is 0. The third-order valence-electron chi connectivity index (χ3n) is 6.37. The SMILES string of the molecule is Cc1cc(C2CCCN(CC3CCCC3)C2)ccc1-c1ccc(Cl)cc1. The van der Waals surface area contributed by atoms with Gasteiger partial charge in [-0.3, -0.25) is 0 Å². The summed E-state index contributed by atoms with van der Waals surface area (Å²) in [5.74, 6) is 1.66. The van der Waals surface area contributed by atoms with E-state index in [2.05, 4.69) is 42.2 Å². The Bertz CT molecular complexity index is 730. The van der Waals surface area contributed by atoms with Gasteiger partial charge in [0, 0.05) is 18.1 Å². The molecule has 2 aromatic carbocycles. The summed E-state index contributed by atoms with van der Waals surface area (Å²) in [6.45, 7) is 6.12. The predicted octanol–water partition coefficient (Wildman–Crippen LogP) is 6.69. The Labute approximate surface area is 163 Å². The highest BCUT2D eigenvalue weighted by molar-refractivity contribution is 6.30. The quantitative estimate of drug-likeness (QED) is 0.582. The minimum Gasteiger partial charge on any atom is -0.302 e. The molecule has 0 amide bonds. The summed E-state index contributed by atoms with van der Waals surface area (Å²) >= 11 is 6.04. The van der Waals surface area contributed by atoms with Crippen molar-refractivity contribution in [3.05, 3.63) is 58.6 Å². The van der Waals surface area contributed by atoms with Crippen molar-refractivity contribution in [3.8, 4) is 11.1 Å². The van der Waals surface area contributed by atoms with Crippen molar-refractivity contribution in [1.29, 1.82) is 0 Å². The molecule has 1 unspecified atom stereocenters. The molecule has 2 fully saturated rings. The van der Waals surface area contributed by atoms with Crippen LogP contribution < -0.4 is 0 Å². The Balaban J connectivity index is 1.46. The number of halogens is 1. The average Bonchev–Trinajstić information content (AvgIpc) is 3.16. The summed E-state index contributed by atoms with van der Waals surface area (Å²) < 4.78 is 0. The fourth-order valence-corrected chi connectivity index (χ4v) is 5.07. The molecule has 0 radical (unpaired) electrons.